The minimum atomic E-state index is -3.53. The van der Waals surface area contributed by atoms with Crippen LogP contribution < -0.4 is 4.80 Å². The van der Waals surface area contributed by atoms with Crippen LogP contribution in [0.2, 0.25) is 5.02 Å². The van der Waals surface area contributed by atoms with Crippen molar-refractivity contribution < 1.29 is 21.6 Å². The van der Waals surface area contributed by atoms with E-state index in [2.05, 4.69) is 11.6 Å². The minimum Gasteiger partial charge on any atom is -0.313 e. The largest absolute Gasteiger partial charge is 0.313 e. The highest BCUT2D eigenvalue weighted by atomic mass is 35.5. The maximum Gasteiger partial charge on any atom is 0.248 e. The van der Waals surface area contributed by atoms with E-state index in [9.17, 15) is 21.6 Å². The molecular formula is C21H21ClN2O5S3. The summed E-state index contributed by atoms with van der Waals surface area (Å²) in [5.41, 5.74) is 0.735. The SMILES string of the molecule is C=CCn1c(=NC(=O)CCCS(=O)(=O)c2ccc(Cl)cc2)sc2cc(S(C)(=O)=O)ccc21. The van der Waals surface area contributed by atoms with Gasteiger partial charge in [0.2, 0.25) is 5.91 Å². The van der Waals surface area contributed by atoms with Gasteiger partial charge in [0.1, 0.15) is 0 Å². The van der Waals surface area contributed by atoms with E-state index in [0.717, 1.165) is 11.8 Å². The highest BCUT2D eigenvalue weighted by molar-refractivity contribution is 7.91. The molecule has 0 aliphatic rings. The topological polar surface area (TPSA) is 103 Å². The summed E-state index contributed by atoms with van der Waals surface area (Å²) in [6.45, 7) is 4.10. The van der Waals surface area contributed by atoms with Gasteiger partial charge in [-0.15, -0.1) is 6.58 Å². The molecule has 0 aliphatic carbocycles. The molecule has 0 radical (unpaired) electrons. The lowest BCUT2D eigenvalue weighted by molar-refractivity contribution is -0.118. The van der Waals surface area contributed by atoms with Crippen LogP contribution in [-0.4, -0.2) is 39.3 Å². The number of fused-ring (bicyclic) bond motifs is 1. The van der Waals surface area contributed by atoms with E-state index in [-0.39, 0.29) is 28.4 Å². The molecule has 170 valence electrons. The number of thiazole rings is 1. The highest BCUT2D eigenvalue weighted by Gasteiger charge is 2.16. The first-order valence-electron chi connectivity index (χ1n) is 9.51. The molecule has 0 spiro atoms. The molecule has 32 heavy (non-hydrogen) atoms. The first kappa shape index (κ1) is 24.4. The number of halogens is 1. The molecule has 0 fully saturated rings. The number of rotatable bonds is 8. The molecule has 1 aromatic heterocycles. The fourth-order valence-electron chi connectivity index (χ4n) is 3.01. The molecular weight excluding hydrogens is 492 g/mol. The Bertz CT molecular complexity index is 1450. The van der Waals surface area contributed by atoms with Crippen molar-refractivity contribution in [3.8, 4) is 0 Å². The summed E-state index contributed by atoms with van der Waals surface area (Å²) >= 11 is 6.98. The maximum atomic E-state index is 12.4. The maximum absolute atomic E-state index is 12.4. The average molecular weight is 513 g/mol. The van der Waals surface area contributed by atoms with Gasteiger partial charge in [-0.05, 0) is 48.9 Å². The number of hydrogen-bond acceptors (Lipinski definition) is 6. The zero-order chi connectivity index (χ0) is 23.5. The van der Waals surface area contributed by atoms with E-state index in [1.54, 1.807) is 22.8 Å². The van der Waals surface area contributed by atoms with Crippen LogP contribution in [0.1, 0.15) is 12.8 Å². The standard InChI is InChI=1S/C21H21ClN2O5S3/c1-3-12-24-18-11-10-17(31(2,26)27)14-19(18)30-21(24)23-20(25)5-4-13-32(28,29)16-8-6-15(22)7-9-16/h3,6-11,14H,1,4-5,12-13H2,2H3. The van der Waals surface area contributed by atoms with Crippen molar-refractivity contribution in [3.05, 3.63) is 64.9 Å². The predicted molar refractivity (Wildman–Crippen MR) is 126 cm³/mol. The normalized spacial score (nSPS) is 12.9. The number of carbonyl (C=O) groups excluding carboxylic acids is 1. The Hall–Kier alpha value is -2.27. The Labute approximate surface area is 195 Å². The summed E-state index contributed by atoms with van der Waals surface area (Å²) < 4.78 is 50.9. The molecule has 0 aliphatic heterocycles. The first-order chi connectivity index (χ1) is 15.0. The molecule has 1 amide bonds. The second-order valence-corrected chi connectivity index (χ2v) is 12.6. The summed E-state index contributed by atoms with van der Waals surface area (Å²) in [7, 11) is -6.90. The highest BCUT2D eigenvalue weighted by Crippen LogP contribution is 2.22. The average Bonchev–Trinajstić information content (AvgIpc) is 3.04. The number of benzene rings is 2. The monoisotopic (exact) mass is 512 g/mol. The zero-order valence-electron chi connectivity index (χ0n) is 17.2. The number of aromatic nitrogens is 1. The van der Waals surface area contributed by atoms with Crippen LogP contribution >= 0.6 is 22.9 Å². The van der Waals surface area contributed by atoms with E-state index in [1.807, 2.05) is 0 Å². The second kappa shape index (κ2) is 9.70. The summed E-state index contributed by atoms with van der Waals surface area (Å²) in [5, 5.41) is 0.442. The van der Waals surface area contributed by atoms with Gasteiger partial charge in [0, 0.05) is 24.2 Å². The van der Waals surface area contributed by atoms with Crippen molar-refractivity contribution in [3.63, 3.8) is 0 Å². The van der Waals surface area contributed by atoms with Crippen LogP contribution in [0.4, 0.5) is 0 Å². The van der Waals surface area contributed by atoms with Crippen LogP contribution in [0.15, 0.2) is 69.9 Å². The van der Waals surface area contributed by atoms with Crippen molar-refractivity contribution >= 4 is 58.7 Å². The van der Waals surface area contributed by atoms with Gasteiger partial charge in [-0.25, -0.2) is 16.8 Å². The zero-order valence-corrected chi connectivity index (χ0v) is 20.4. The molecule has 0 bridgehead atoms. The van der Waals surface area contributed by atoms with Crippen molar-refractivity contribution in [2.45, 2.75) is 29.2 Å². The van der Waals surface area contributed by atoms with E-state index in [4.69, 9.17) is 11.6 Å². The number of allylic oxidation sites excluding steroid dienone is 1. The quantitative estimate of drug-likeness (QED) is 0.429. The second-order valence-electron chi connectivity index (χ2n) is 7.07. The molecule has 0 saturated carbocycles. The molecule has 0 atom stereocenters. The number of nitrogens with zero attached hydrogens (tertiary/aromatic N) is 2. The minimum absolute atomic E-state index is 0.0380. The Morgan fingerprint density at radius 3 is 2.41 bits per heavy atom. The molecule has 7 nitrogen and oxygen atoms in total. The Morgan fingerprint density at radius 1 is 1.12 bits per heavy atom. The summed E-state index contributed by atoms with van der Waals surface area (Å²) in [6, 6.07) is 10.6. The van der Waals surface area contributed by atoms with E-state index >= 15 is 0 Å². The van der Waals surface area contributed by atoms with Crippen molar-refractivity contribution in [1.29, 1.82) is 0 Å². The van der Waals surface area contributed by atoms with Gasteiger partial charge in [0.15, 0.2) is 24.5 Å². The molecule has 3 aromatic rings. The van der Waals surface area contributed by atoms with Crippen LogP contribution in [-0.2, 0) is 31.0 Å². The Kier molecular flexibility index (Phi) is 7.39. The van der Waals surface area contributed by atoms with E-state index < -0.39 is 25.6 Å². The summed E-state index contributed by atoms with van der Waals surface area (Å²) in [6.07, 6.45) is 2.87. The predicted octanol–water partition coefficient (Wildman–Crippen LogP) is 3.63. The van der Waals surface area contributed by atoms with Gasteiger partial charge in [-0.1, -0.05) is 29.0 Å². The summed E-state index contributed by atoms with van der Waals surface area (Å²) in [4.78, 5) is 17.3. The van der Waals surface area contributed by atoms with Gasteiger partial charge in [0.05, 0.1) is 25.8 Å². The van der Waals surface area contributed by atoms with Crippen molar-refractivity contribution in [1.82, 2.24) is 4.57 Å². The first-order valence-corrected chi connectivity index (χ1v) is 14.3. The fraction of sp³-hybridized carbons (Fsp3) is 0.238. The third kappa shape index (κ3) is 5.74. The van der Waals surface area contributed by atoms with Gasteiger partial charge in [-0.3, -0.25) is 4.79 Å². The van der Waals surface area contributed by atoms with Crippen LogP contribution in [0.5, 0.6) is 0 Å². The molecule has 2 aromatic carbocycles. The van der Waals surface area contributed by atoms with Gasteiger partial charge < -0.3 is 4.57 Å². The van der Waals surface area contributed by atoms with Crippen LogP contribution in [0.3, 0.4) is 0 Å². The number of amides is 1. The Morgan fingerprint density at radius 2 is 1.78 bits per heavy atom. The molecule has 1 heterocycles. The van der Waals surface area contributed by atoms with Crippen LogP contribution in [0.25, 0.3) is 10.2 Å². The molecule has 0 N–H and O–H groups in total. The number of carbonyl (C=O) groups is 1. The third-order valence-corrected chi connectivity index (χ3v) is 8.81. The van der Waals surface area contributed by atoms with E-state index in [0.29, 0.717) is 21.1 Å². The molecule has 3 rings (SSSR count). The van der Waals surface area contributed by atoms with Gasteiger partial charge >= 0.3 is 0 Å². The summed E-state index contributed by atoms with van der Waals surface area (Å²) in [5.74, 6) is -0.642. The third-order valence-electron chi connectivity index (χ3n) is 4.59. The lowest BCUT2D eigenvalue weighted by Crippen LogP contribution is -2.16. The molecule has 11 heteroatoms. The number of hydrogen-bond donors (Lipinski definition) is 0. The van der Waals surface area contributed by atoms with Crippen LogP contribution in [0, 0.1) is 0 Å². The van der Waals surface area contributed by atoms with Gasteiger partial charge in [-0.2, -0.15) is 4.99 Å². The molecule has 0 saturated heterocycles. The van der Waals surface area contributed by atoms with E-state index in [1.165, 1.54) is 41.7 Å². The van der Waals surface area contributed by atoms with Crippen molar-refractivity contribution in [2.24, 2.45) is 4.99 Å². The lowest BCUT2D eigenvalue weighted by Gasteiger charge is -2.04. The number of sulfone groups is 2. The smallest absolute Gasteiger partial charge is 0.248 e. The Balaban J connectivity index is 1.81. The fourth-order valence-corrected chi connectivity index (χ4v) is 6.27. The van der Waals surface area contributed by atoms with Crippen molar-refractivity contribution in [2.75, 3.05) is 12.0 Å². The molecule has 0 unspecified atom stereocenters. The van der Waals surface area contributed by atoms with Gasteiger partial charge in [0.25, 0.3) is 0 Å². The lowest BCUT2D eigenvalue weighted by atomic mass is 10.3.